The van der Waals surface area contributed by atoms with Gasteiger partial charge in [-0.25, -0.2) is 0 Å². The number of nitrogens with one attached hydrogen (secondary N) is 1. The fourth-order valence-corrected chi connectivity index (χ4v) is 4.13. The van der Waals surface area contributed by atoms with Gasteiger partial charge in [-0.05, 0) is 62.2 Å². The summed E-state index contributed by atoms with van der Waals surface area (Å²) in [5, 5.41) is 3.40. The number of halogens is 4. The molecule has 0 saturated heterocycles. The van der Waals surface area contributed by atoms with Crippen molar-refractivity contribution in [1.82, 2.24) is 5.32 Å². The van der Waals surface area contributed by atoms with E-state index >= 15 is 0 Å². The Bertz CT molecular complexity index is 570. The number of alkyl halides is 2. The maximum absolute atomic E-state index is 12.2. The van der Waals surface area contributed by atoms with Crippen molar-refractivity contribution >= 4 is 43.2 Å². The molecule has 0 amide bonds. The van der Waals surface area contributed by atoms with Crippen molar-refractivity contribution in [2.75, 3.05) is 6.54 Å². The van der Waals surface area contributed by atoms with E-state index < -0.39 is 6.61 Å². The molecule has 1 N–H and O–H groups in total. The van der Waals surface area contributed by atoms with Gasteiger partial charge < -0.3 is 10.1 Å². The molecule has 0 aliphatic carbocycles. The van der Waals surface area contributed by atoms with Crippen molar-refractivity contribution in [3.05, 3.63) is 49.0 Å². The lowest BCUT2D eigenvalue weighted by atomic mass is 10.1. The molecule has 1 atom stereocenters. The summed E-state index contributed by atoms with van der Waals surface area (Å²) in [6.07, 6.45) is 0. The maximum atomic E-state index is 12.2. The van der Waals surface area contributed by atoms with Crippen LogP contribution in [0.3, 0.4) is 0 Å². The Morgan fingerprint density at radius 2 is 1.90 bits per heavy atom. The molecule has 0 fully saturated rings. The summed E-state index contributed by atoms with van der Waals surface area (Å²) in [6.45, 7) is 0.0242. The van der Waals surface area contributed by atoms with Crippen molar-refractivity contribution < 1.29 is 13.5 Å². The van der Waals surface area contributed by atoms with Crippen molar-refractivity contribution in [2.45, 2.75) is 19.6 Å². The summed E-state index contributed by atoms with van der Waals surface area (Å²) in [7, 11) is 0. The molecule has 0 saturated carbocycles. The second-order valence-corrected chi connectivity index (χ2v) is 7.46. The van der Waals surface area contributed by atoms with Crippen LogP contribution in [0.1, 0.15) is 23.4 Å². The summed E-state index contributed by atoms with van der Waals surface area (Å²) in [4.78, 5) is 1.14. The number of ether oxygens (including phenoxy) is 1. The minimum atomic E-state index is -2.80. The van der Waals surface area contributed by atoms with Gasteiger partial charge in [0.25, 0.3) is 0 Å². The summed E-state index contributed by atoms with van der Waals surface area (Å²) in [5.41, 5.74) is 1.000. The van der Waals surface area contributed by atoms with E-state index in [1.165, 1.54) is 0 Å². The van der Waals surface area contributed by atoms with Crippen LogP contribution in [0.25, 0.3) is 0 Å². The molecule has 0 aliphatic rings. The van der Waals surface area contributed by atoms with Crippen molar-refractivity contribution in [3.63, 3.8) is 0 Å². The molecule has 0 bridgehead atoms. The van der Waals surface area contributed by atoms with E-state index in [0.717, 1.165) is 25.2 Å². The smallest absolute Gasteiger partial charge is 0.387 e. The van der Waals surface area contributed by atoms with Gasteiger partial charge >= 0.3 is 6.61 Å². The minimum absolute atomic E-state index is 0.0169. The average Bonchev–Trinajstić information content (AvgIpc) is 2.76. The van der Waals surface area contributed by atoms with Gasteiger partial charge in [-0.2, -0.15) is 8.78 Å². The van der Waals surface area contributed by atoms with Crippen LogP contribution in [0.4, 0.5) is 8.78 Å². The van der Waals surface area contributed by atoms with Gasteiger partial charge in [0.2, 0.25) is 0 Å². The lowest BCUT2D eigenvalue weighted by molar-refractivity contribution is -0.0498. The second-order valence-electron chi connectivity index (χ2n) is 4.21. The molecule has 1 unspecified atom stereocenters. The molecule has 0 aliphatic heterocycles. The molecule has 1 aromatic carbocycles. The first kappa shape index (κ1) is 16.9. The van der Waals surface area contributed by atoms with Crippen LogP contribution in [0.5, 0.6) is 5.75 Å². The van der Waals surface area contributed by atoms with Crippen LogP contribution in [0.15, 0.2) is 38.6 Å². The third-order valence-electron chi connectivity index (χ3n) is 2.80. The first-order chi connectivity index (χ1) is 10.0. The lowest BCUT2D eigenvalue weighted by Gasteiger charge is -2.17. The highest BCUT2D eigenvalue weighted by Gasteiger charge is 2.17. The highest BCUT2D eigenvalue weighted by molar-refractivity contribution is 9.13. The third kappa shape index (κ3) is 4.48. The molecule has 1 aromatic heterocycles. The second kappa shape index (κ2) is 7.67. The molecule has 114 valence electrons. The first-order valence-corrected chi connectivity index (χ1v) is 8.64. The normalized spacial score (nSPS) is 12.7. The van der Waals surface area contributed by atoms with Gasteiger partial charge in [0.15, 0.2) is 0 Å². The topological polar surface area (TPSA) is 21.3 Å². The van der Waals surface area contributed by atoms with Crippen LogP contribution in [0.2, 0.25) is 0 Å². The Balaban J connectivity index is 2.25. The standard InChI is InChI=1S/C14H13Br2F2NOS/c1-2-19-12(11-7-10(15)13(16)21-11)8-3-5-9(6-4-8)20-14(17)18/h3-7,12,14,19H,2H2,1H3. The van der Waals surface area contributed by atoms with E-state index in [1.807, 2.05) is 13.0 Å². The Kier molecular flexibility index (Phi) is 6.16. The fourth-order valence-electron chi connectivity index (χ4n) is 1.93. The quantitative estimate of drug-likeness (QED) is 0.633. The van der Waals surface area contributed by atoms with E-state index in [2.05, 4.69) is 41.9 Å². The van der Waals surface area contributed by atoms with Gasteiger partial charge in [-0.1, -0.05) is 19.1 Å². The predicted octanol–water partition coefficient (Wildman–Crippen LogP) is 5.57. The molecule has 2 aromatic rings. The van der Waals surface area contributed by atoms with Gasteiger partial charge in [0, 0.05) is 9.35 Å². The van der Waals surface area contributed by atoms with E-state index in [0.29, 0.717) is 0 Å². The van der Waals surface area contributed by atoms with Crippen molar-refractivity contribution in [1.29, 1.82) is 0 Å². The van der Waals surface area contributed by atoms with Gasteiger partial charge in [-0.3, -0.25) is 0 Å². The highest BCUT2D eigenvalue weighted by atomic mass is 79.9. The number of benzene rings is 1. The number of rotatable bonds is 6. The number of hydrogen-bond acceptors (Lipinski definition) is 3. The molecule has 0 spiro atoms. The highest BCUT2D eigenvalue weighted by Crippen LogP contribution is 2.37. The SMILES string of the molecule is CCNC(c1ccc(OC(F)F)cc1)c1cc(Br)c(Br)s1. The van der Waals surface area contributed by atoms with Crippen LogP contribution >= 0.6 is 43.2 Å². The van der Waals surface area contributed by atoms with E-state index in [-0.39, 0.29) is 11.8 Å². The Morgan fingerprint density at radius 1 is 1.24 bits per heavy atom. The van der Waals surface area contributed by atoms with Crippen LogP contribution < -0.4 is 10.1 Å². The average molecular weight is 441 g/mol. The van der Waals surface area contributed by atoms with Gasteiger partial charge in [0.05, 0.1) is 9.83 Å². The number of hydrogen-bond donors (Lipinski definition) is 1. The molecular formula is C14H13Br2F2NOS. The molecule has 2 rings (SSSR count). The molecule has 21 heavy (non-hydrogen) atoms. The zero-order chi connectivity index (χ0) is 15.4. The Labute approximate surface area is 142 Å². The van der Waals surface area contributed by atoms with Crippen molar-refractivity contribution in [2.24, 2.45) is 0 Å². The third-order valence-corrected chi connectivity index (χ3v) is 6.12. The van der Waals surface area contributed by atoms with E-state index in [1.54, 1.807) is 35.6 Å². The fraction of sp³-hybridized carbons (Fsp3) is 0.286. The Morgan fingerprint density at radius 3 is 2.38 bits per heavy atom. The largest absolute Gasteiger partial charge is 0.435 e. The predicted molar refractivity (Wildman–Crippen MR) is 88.3 cm³/mol. The summed E-state index contributed by atoms with van der Waals surface area (Å²) < 4.78 is 30.7. The molecule has 1 heterocycles. The van der Waals surface area contributed by atoms with E-state index in [4.69, 9.17) is 0 Å². The first-order valence-electron chi connectivity index (χ1n) is 6.24. The summed E-state index contributed by atoms with van der Waals surface area (Å²) in [5.74, 6) is 0.164. The maximum Gasteiger partial charge on any atom is 0.387 e. The van der Waals surface area contributed by atoms with E-state index in [9.17, 15) is 8.78 Å². The van der Waals surface area contributed by atoms with Gasteiger partial charge in [0.1, 0.15) is 5.75 Å². The zero-order valence-electron chi connectivity index (χ0n) is 11.1. The number of thiophene rings is 1. The lowest BCUT2D eigenvalue weighted by Crippen LogP contribution is -2.21. The molecule has 7 heteroatoms. The van der Waals surface area contributed by atoms with Crippen molar-refractivity contribution in [3.8, 4) is 5.75 Å². The summed E-state index contributed by atoms with van der Waals surface area (Å²) >= 11 is 8.59. The molecular weight excluding hydrogens is 428 g/mol. The Hall–Kier alpha value is -0.500. The molecule has 2 nitrogen and oxygen atoms in total. The minimum Gasteiger partial charge on any atom is -0.435 e. The van der Waals surface area contributed by atoms with Crippen LogP contribution in [0, 0.1) is 0 Å². The summed E-state index contributed by atoms with van der Waals surface area (Å²) in [6, 6.07) is 8.78. The monoisotopic (exact) mass is 439 g/mol. The molecule has 0 radical (unpaired) electrons. The van der Waals surface area contributed by atoms with Gasteiger partial charge in [-0.15, -0.1) is 11.3 Å². The van der Waals surface area contributed by atoms with Crippen LogP contribution in [-0.4, -0.2) is 13.2 Å². The van der Waals surface area contributed by atoms with Crippen LogP contribution in [-0.2, 0) is 0 Å². The zero-order valence-corrected chi connectivity index (χ0v) is 15.1.